The van der Waals surface area contributed by atoms with E-state index in [9.17, 15) is 9.59 Å². The molecule has 7 heteroatoms. The Hall–Kier alpha value is -3.71. The maximum Gasteiger partial charge on any atom is 0.344 e. The van der Waals surface area contributed by atoms with Gasteiger partial charge in [-0.2, -0.15) is 5.01 Å². The predicted molar refractivity (Wildman–Crippen MR) is 120 cm³/mol. The number of thiocarbonyl (C=S) groups is 1. The van der Waals surface area contributed by atoms with E-state index in [1.165, 1.54) is 0 Å². The van der Waals surface area contributed by atoms with Crippen molar-refractivity contribution in [2.24, 2.45) is 0 Å². The first kappa shape index (κ1) is 19.6. The third-order valence-electron chi connectivity index (χ3n) is 4.92. The van der Waals surface area contributed by atoms with Crippen LogP contribution in [0.1, 0.15) is 16.7 Å². The summed E-state index contributed by atoms with van der Waals surface area (Å²) >= 11 is 5.33. The number of hydrogen-bond acceptors (Lipinski definition) is 3. The lowest BCUT2D eigenvalue weighted by molar-refractivity contribution is -0.131. The maximum atomic E-state index is 13.6. The molecule has 4 rings (SSSR count). The summed E-state index contributed by atoms with van der Waals surface area (Å²) in [6.07, 6.45) is 0. The molecular weight excluding hydrogens is 396 g/mol. The van der Waals surface area contributed by atoms with Gasteiger partial charge in [-0.05, 0) is 48.0 Å². The second-order valence-electron chi connectivity index (χ2n) is 6.99. The molecule has 3 aromatic carbocycles. The summed E-state index contributed by atoms with van der Waals surface area (Å²) in [5, 5.41) is 6.93. The standard InChI is InChI=1S/C23H20N4O2S/c1-16-9-8-14-19(15-16)24-21(30)26-27-20(28)23(25-22(27)29,17-10-4-2-5-11-17)18-12-6-3-7-13-18/h2-15H,1H3,(H,25,29)(H2,24,26,30). The molecular formula is C23H20N4O2S. The zero-order valence-electron chi connectivity index (χ0n) is 16.3. The zero-order valence-corrected chi connectivity index (χ0v) is 17.1. The van der Waals surface area contributed by atoms with Crippen molar-refractivity contribution in [2.45, 2.75) is 12.5 Å². The number of rotatable bonds is 4. The number of benzene rings is 3. The highest BCUT2D eigenvalue weighted by Crippen LogP contribution is 2.35. The largest absolute Gasteiger partial charge is 0.344 e. The van der Waals surface area contributed by atoms with E-state index >= 15 is 0 Å². The minimum absolute atomic E-state index is 0.140. The third kappa shape index (κ3) is 3.51. The Morgan fingerprint density at radius 1 is 0.900 bits per heavy atom. The van der Waals surface area contributed by atoms with Gasteiger partial charge in [0.2, 0.25) is 0 Å². The average Bonchev–Trinajstić information content (AvgIpc) is 3.00. The number of urea groups is 1. The predicted octanol–water partition coefficient (Wildman–Crippen LogP) is 3.69. The zero-order chi connectivity index (χ0) is 21.1. The monoisotopic (exact) mass is 416 g/mol. The van der Waals surface area contributed by atoms with Gasteiger partial charge < -0.3 is 10.6 Å². The van der Waals surface area contributed by atoms with Gasteiger partial charge >= 0.3 is 6.03 Å². The molecule has 1 fully saturated rings. The molecule has 30 heavy (non-hydrogen) atoms. The summed E-state index contributed by atoms with van der Waals surface area (Å²) in [6, 6.07) is 25.4. The maximum absolute atomic E-state index is 13.6. The molecule has 1 aliphatic rings. The van der Waals surface area contributed by atoms with Crippen molar-refractivity contribution < 1.29 is 9.59 Å². The van der Waals surface area contributed by atoms with Crippen molar-refractivity contribution in [2.75, 3.05) is 5.32 Å². The minimum atomic E-state index is -1.34. The highest BCUT2D eigenvalue weighted by Gasteiger charge is 2.54. The highest BCUT2D eigenvalue weighted by molar-refractivity contribution is 7.80. The summed E-state index contributed by atoms with van der Waals surface area (Å²) in [4.78, 5) is 26.4. The van der Waals surface area contributed by atoms with E-state index in [-0.39, 0.29) is 5.11 Å². The fraction of sp³-hybridized carbons (Fsp3) is 0.0870. The first-order valence-corrected chi connectivity index (χ1v) is 9.83. The van der Waals surface area contributed by atoms with Crippen LogP contribution in [0.25, 0.3) is 0 Å². The summed E-state index contributed by atoms with van der Waals surface area (Å²) in [5.74, 6) is -0.460. The second kappa shape index (κ2) is 7.96. The Morgan fingerprint density at radius 3 is 2.07 bits per heavy atom. The molecule has 0 aromatic heterocycles. The van der Waals surface area contributed by atoms with Crippen LogP contribution in [-0.4, -0.2) is 22.1 Å². The van der Waals surface area contributed by atoms with Crippen LogP contribution in [0.15, 0.2) is 84.9 Å². The van der Waals surface area contributed by atoms with Gasteiger partial charge in [-0.1, -0.05) is 72.8 Å². The van der Waals surface area contributed by atoms with Gasteiger partial charge in [-0.15, -0.1) is 0 Å². The van der Waals surface area contributed by atoms with Crippen LogP contribution >= 0.6 is 12.2 Å². The van der Waals surface area contributed by atoms with E-state index < -0.39 is 17.5 Å². The van der Waals surface area contributed by atoms with Crippen LogP contribution < -0.4 is 16.1 Å². The van der Waals surface area contributed by atoms with E-state index in [0.29, 0.717) is 11.1 Å². The lowest BCUT2D eigenvalue weighted by Gasteiger charge is -2.28. The third-order valence-corrected chi connectivity index (χ3v) is 5.12. The number of aryl methyl sites for hydroxylation is 1. The SMILES string of the molecule is Cc1cccc(NC(=S)NN2C(=O)NC(c3ccccc3)(c3ccccc3)C2=O)c1. The Labute approximate surface area is 179 Å². The van der Waals surface area contributed by atoms with Gasteiger partial charge in [0.1, 0.15) is 0 Å². The number of amides is 3. The summed E-state index contributed by atoms with van der Waals surface area (Å²) < 4.78 is 0. The number of hydrazine groups is 1. The van der Waals surface area contributed by atoms with Crippen molar-refractivity contribution in [1.29, 1.82) is 0 Å². The molecule has 3 N–H and O–H groups in total. The van der Waals surface area contributed by atoms with E-state index in [2.05, 4.69) is 16.1 Å². The van der Waals surface area contributed by atoms with Crippen LogP contribution in [0, 0.1) is 6.92 Å². The number of hydrogen-bond donors (Lipinski definition) is 3. The molecule has 6 nitrogen and oxygen atoms in total. The molecule has 3 amide bonds. The van der Waals surface area contributed by atoms with Crippen LogP contribution in [0.3, 0.4) is 0 Å². The molecule has 0 atom stereocenters. The average molecular weight is 417 g/mol. The van der Waals surface area contributed by atoms with Crippen LogP contribution in [0.4, 0.5) is 10.5 Å². The Balaban J connectivity index is 1.65. The molecule has 1 heterocycles. The van der Waals surface area contributed by atoms with Gasteiger partial charge in [0.05, 0.1) is 0 Å². The first-order valence-electron chi connectivity index (χ1n) is 9.43. The van der Waals surface area contributed by atoms with Crippen LogP contribution in [-0.2, 0) is 10.3 Å². The number of imide groups is 1. The molecule has 1 saturated heterocycles. The molecule has 0 radical (unpaired) electrons. The van der Waals surface area contributed by atoms with Crippen LogP contribution in [0.2, 0.25) is 0 Å². The van der Waals surface area contributed by atoms with Gasteiger partial charge in [-0.3, -0.25) is 10.2 Å². The van der Waals surface area contributed by atoms with Crippen LogP contribution in [0.5, 0.6) is 0 Å². The fourth-order valence-electron chi connectivity index (χ4n) is 3.55. The van der Waals surface area contributed by atoms with Crippen molar-refractivity contribution >= 4 is 35.0 Å². The fourth-order valence-corrected chi connectivity index (χ4v) is 3.76. The molecule has 0 spiro atoms. The molecule has 150 valence electrons. The molecule has 0 saturated carbocycles. The van der Waals surface area contributed by atoms with Gasteiger partial charge in [-0.25, -0.2) is 4.79 Å². The lowest BCUT2D eigenvalue weighted by atomic mass is 9.83. The van der Waals surface area contributed by atoms with E-state index in [1.54, 1.807) is 0 Å². The smallest absolute Gasteiger partial charge is 0.331 e. The Morgan fingerprint density at radius 2 is 1.50 bits per heavy atom. The van der Waals surface area contributed by atoms with E-state index in [4.69, 9.17) is 12.2 Å². The molecule has 0 aliphatic carbocycles. The number of nitrogens with one attached hydrogen (secondary N) is 3. The molecule has 0 bridgehead atoms. The number of nitrogens with zero attached hydrogens (tertiary/aromatic N) is 1. The minimum Gasteiger partial charge on any atom is -0.331 e. The van der Waals surface area contributed by atoms with Crippen molar-refractivity contribution in [3.05, 3.63) is 102 Å². The summed E-state index contributed by atoms with van der Waals surface area (Å²) in [6.45, 7) is 1.97. The summed E-state index contributed by atoms with van der Waals surface area (Å²) in [7, 11) is 0. The second-order valence-corrected chi connectivity index (χ2v) is 7.40. The van der Waals surface area contributed by atoms with Crippen molar-refractivity contribution in [3.8, 4) is 0 Å². The lowest BCUT2D eigenvalue weighted by Crippen LogP contribution is -2.50. The number of anilines is 1. The highest BCUT2D eigenvalue weighted by atomic mass is 32.1. The number of carbonyl (C=O) groups is 2. The van der Waals surface area contributed by atoms with Gasteiger partial charge in [0, 0.05) is 5.69 Å². The first-order chi connectivity index (χ1) is 14.5. The van der Waals surface area contributed by atoms with Gasteiger partial charge in [0.25, 0.3) is 5.91 Å². The quantitative estimate of drug-likeness (QED) is 0.447. The van der Waals surface area contributed by atoms with Crippen molar-refractivity contribution in [3.63, 3.8) is 0 Å². The molecule has 3 aromatic rings. The molecule has 0 unspecified atom stereocenters. The number of carbonyl (C=O) groups excluding carboxylic acids is 2. The molecule has 1 aliphatic heterocycles. The topological polar surface area (TPSA) is 73.5 Å². The normalized spacial score (nSPS) is 14.9. The van der Waals surface area contributed by atoms with E-state index in [1.807, 2.05) is 91.9 Å². The summed E-state index contributed by atoms with van der Waals surface area (Å²) in [5.41, 5.74) is 4.54. The Bertz CT molecular complexity index is 1060. The van der Waals surface area contributed by atoms with Gasteiger partial charge in [0.15, 0.2) is 10.7 Å². The Kier molecular flexibility index (Phi) is 5.20. The van der Waals surface area contributed by atoms with Crippen molar-refractivity contribution in [1.82, 2.24) is 15.8 Å². The van der Waals surface area contributed by atoms with E-state index in [0.717, 1.165) is 16.3 Å².